The minimum Gasteiger partial charge on any atom is -0.489 e. The molecule has 0 saturated carbocycles. The Morgan fingerprint density at radius 1 is 1.31 bits per heavy atom. The van der Waals surface area contributed by atoms with E-state index in [4.69, 9.17) is 4.74 Å². The Hall–Kier alpha value is -2.09. The fourth-order valence-electron chi connectivity index (χ4n) is 2.90. The molecule has 0 radical (unpaired) electrons. The highest BCUT2D eigenvalue weighted by atomic mass is 127. The third-order valence-electron chi connectivity index (χ3n) is 4.61. The molecular weight excluding hydrogens is 545 g/mol. The van der Waals surface area contributed by atoms with E-state index in [9.17, 15) is 22.7 Å². The van der Waals surface area contributed by atoms with Gasteiger partial charge in [-0.2, -0.15) is 13.2 Å². The van der Waals surface area contributed by atoms with Crippen LogP contribution in [-0.4, -0.2) is 65.0 Å². The van der Waals surface area contributed by atoms with Crippen LogP contribution in [0.25, 0.3) is 0 Å². The largest absolute Gasteiger partial charge is 0.489 e. The molecule has 1 aromatic heterocycles. The summed E-state index contributed by atoms with van der Waals surface area (Å²) >= 11 is 0. The third kappa shape index (κ3) is 6.95. The number of aliphatic imine (C=N–C) groups is 1. The lowest BCUT2D eigenvalue weighted by Gasteiger charge is -2.29. The first kappa shape index (κ1) is 27.9. The Balaban J connectivity index is 0.00000512. The number of aliphatic hydroxyl groups is 1. The van der Waals surface area contributed by atoms with E-state index >= 15 is 0 Å². The van der Waals surface area contributed by atoms with Gasteiger partial charge in [0.15, 0.2) is 17.5 Å². The Kier molecular flexibility index (Phi) is 10.7. The number of nitrogens with zero attached hydrogens (tertiary/aromatic N) is 4. The molecule has 12 heteroatoms. The molecule has 0 aliphatic carbocycles. The summed E-state index contributed by atoms with van der Waals surface area (Å²) < 4.78 is 61.0. The van der Waals surface area contributed by atoms with Crippen molar-refractivity contribution in [1.29, 1.82) is 0 Å². The molecule has 32 heavy (non-hydrogen) atoms. The van der Waals surface area contributed by atoms with Crippen molar-refractivity contribution < 1.29 is 27.4 Å². The van der Waals surface area contributed by atoms with E-state index in [2.05, 4.69) is 15.3 Å². The minimum atomic E-state index is -4.92. The van der Waals surface area contributed by atoms with Gasteiger partial charge in [0.25, 0.3) is 0 Å². The van der Waals surface area contributed by atoms with Crippen LogP contribution in [0.2, 0.25) is 0 Å². The molecule has 2 N–H and O–H groups in total. The standard InChI is InChI=1S/C20H27F4N5O2.HI/c1-4-25-18(29(3)13-14-31-16-8-6-5-7-15(16)21)27-10-9-19(30,20(22,23)24)17-26-11-12-28(17)2;/h5-8,11-12,30H,4,9-10,13-14H2,1-3H3,(H,25,27);1H. The highest BCUT2D eigenvalue weighted by Crippen LogP contribution is 2.40. The average molecular weight is 573 g/mol. The van der Waals surface area contributed by atoms with Gasteiger partial charge in [-0.05, 0) is 19.1 Å². The summed E-state index contributed by atoms with van der Waals surface area (Å²) in [7, 11) is 3.07. The summed E-state index contributed by atoms with van der Waals surface area (Å²) in [6.45, 7) is 2.45. The fraction of sp³-hybridized carbons (Fsp3) is 0.500. The van der Waals surface area contributed by atoms with Crippen LogP contribution in [0.15, 0.2) is 41.7 Å². The molecule has 0 fully saturated rings. The van der Waals surface area contributed by atoms with Gasteiger partial charge in [-0.3, -0.25) is 4.99 Å². The zero-order chi connectivity index (χ0) is 23.1. The highest BCUT2D eigenvalue weighted by molar-refractivity contribution is 14.0. The van der Waals surface area contributed by atoms with Gasteiger partial charge in [0.1, 0.15) is 12.4 Å². The van der Waals surface area contributed by atoms with E-state index in [0.29, 0.717) is 19.0 Å². The van der Waals surface area contributed by atoms with Crippen LogP contribution in [0, 0.1) is 5.82 Å². The number of likely N-dealkylation sites (N-methyl/N-ethyl adjacent to an activating group) is 1. The van der Waals surface area contributed by atoms with Crippen LogP contribution in [0.4, 0.5) is 17.6 Å². The number of alkyl halides is 3. The fourth-order valence-corrected chi connectivity index (χ4v) is 2.90. The van der Waals surface area contributed by atoms with Gasteiger partial charge in [-0.15, -0.1) is 24.0 Å². The van der Waals surface area contributed by atoms with Crippen molar-refractivity contribution in [2.45, 2.75) is 25.1 Å². The molecular formula is C20H28F4IN5O2. The van der Waals surface area contributed by atoms with Crippen molar-refractivity contribution in [2.24, 2.45) is 12.0 Å². The van der Waals surface area contributed by atoms with E-state index in [1.54, 1.807) is 24.1 Å². The maximum Gasteiger partial charge on any atom is 0.424 e. The van der Waals surface area contributed by atoms with Gasteiger partial charge in [0, 0.05) is 46.0 Å². The molecule has 0 aliphatic rings. The van der Waals surface area contributed by atoms with Crippen molar-refractivity contribution in [3.05, 3.63) is 48.3 Å². The van der Waals surface area contributed by atoms with E-state index in [1.807, 2.05) is 6.92 Å². The second-order valence-electron chi connectivity index (χ2n) is 6.91. The SMILES string of the molecule is CCNC(=NCCC(O)(c1nccn1C)C(F)(F)F)N(C)CCOc1ccccc1F.I. The maximum atomic E-state index is 13.6. The predicted molar refractivity (Wildman–Crippen MR) is 124 cm³/mol. The van der Waals surface area contributed by atoms with Gasteiger partial charge < -0.3 is 24.6 Å². The number of hydrogen-bond donors (Lipinski definition) is 2. The third-order valence-corrected chi connectivity index (χ3v) is 4.61. The van der Waals surface area contributed by atoms with Crippen LogP contribution < -0.4 is 10.1 Å². The molecule has 2 rings (SSSR count). The van der Waals surface area contributed by atoms with Gasteiger partial charge in [0.2, 0.25) is 5.60 Å². The van der Waals surface area contributed by atoms with Crippen LogP contribution in [0.1, 0.15) is 19.2 Å². The number of aromatic nitrogens is 2. The van der Waals surface area contributed by atoms with Crippen LogP contribution >= 0.6 is 24.0 Å². The van der Waals surface area contributed by atoms with Crippen molar-refractivity contribution in [3.63, 3.8) is 0 Å². The molecule has 0 spiro atoms. The summed E-state index contributed by atoms with van der Waals surface area (Å²) in [5.74, 6) is -0.523. The van der Waals surface area contributed by atoms with Crippen molar-refractivity contribution in [1.82, 2.24) is 19.8 Å². The average Bonchev–Trinajstić information content (AvgIpc) is 3.14. The smallest absolute Gasteiger partial charge is 0.424 e. The molecule has 1 atom stereocenters. The zero-order valence-corrected chi connectivity index (χ0v) is 20.4. The lowest BCUT2D eigenvalue weighted by atomic mass is 9.98. The van der Waals surface area contributed by atoms with E-state index < -0.39 is 29.8 Å². The first-order chi connectivity index (χ1) is 14.6. The minimum absolute atomic E-state index is 0. The number of nitrogens with one attached hydrogen (secondary N) is 1. The monoisotopic (exact) mass is 573 g/mol. The van der Waals surface area contributed by atoms with Crippen molar-refractivity contribution >= 4 is 29.9 Å². The molecule has 180 valence electrons. The summed E-state index contributed by atoms with van der Waals surface area (Å²) in [6, 6.07) is 5.99. The number of guanidine groups is 1. The van der Waals surface area contributed by atoms with Crippen molar-refractivity contribution in [2.75, 3.05) is 33.3 Å². The quantitative estimate of drug-likeness (QED) is 0.209. The Morgan fingerprint density at radius 3 is 2.56 bits per heavy atom. The van der Waals surface area contributed by atoms with E-state index in [0.717, 1.165) is 4.57 Å². The number of aryl methyl sites for hydroxylation is 1. The van der Waals surface area contributed by atoms with Gasteiger partial charge in [-0.25, -0.2) is 9.37 Å². The Labute approximate surface area is 201 Å². The maximum absolute atomic E-state index is 13.6. The summed E-state index contributed by atoms with van der Waals surface area (Å²) in [5.41, 5.74) is -3.13. The first-order valence-electron chi connectivity index (χ1n) is 9.73. The molecule has 0 bridgehead atoms. The molecule has 2 aromatic rings. The van der Waals surface area contributed by atoms with Crippen LogP contribution in [0.3, 0.4) is 0 Å². The molecule has 1 aromatic carbocycles. The predicted octanol–water partition coefficient (Wildman–Crippen LogP) is 3.29. The van der Waals surface area contributed by atoms with Crippen LogP contribution in [-0.2, 0) is 12.6 Å². The second-order valence-corrected chi connectivity index (χ2v) is 6.91. The number of rotatable bonds is 9. The Bertz CT molecular complexity index is 878. The zero-order valence-electron chi connectivity index (χ0n) is 18.1. The van der Waals surface area contributed by atoms with Gasteiger partial charge in [-0.1, -0.05) is 12.1 Å². The number of imidazole rings is 1. The molecule has 0 saturated heterocycles. The van der Waals surface area contributed by atoms with Gasteiger partial charge in [0.05, 0.1) is 6.54 Å². The van der Waals surface area contributed by atoms with Crippen molar-refractivity contribution in [3.8, 4) is 5.75 Å². The first-order valence-corrected chi connectivity index (χ1v) is 9.73. The number of hydrogen-bond acceptors (Lipinski definition) is 4. The second kappa shape index (κ2) is 12.2. The van der Waals surface area contributed by atoms with Gasteiger partial charge >= 0.3 is 6.18 Å². The topological polar surface area (TPSA) is 74.9 Å². The number of halogens is 5. The van der Waals surface area contributed by atoms with E-state index in [-0.39, 0.29) is 42.9 Å². The number of ether oxygens (including phenoxy) is 1. The van der Waals surface area contributed by atoms with Crippen LogP contribution in [0.5, 0.6) is 5.75 Å². The number of para-hydroxylation sites is 1. The molecule has 7 nitrogen and oxygen atoms in total. The summed E-state index contributed by atoms with van der Waals surface area (Å²) in [6.07, 6.45) is -3.08. The molecule has 1 unspecified atom stereocenters. The normalized spacial score (nSPS) is 13.8. The molecule has 0 aliphatic heterocycles. The van der Waals surface area contributed by atoms with E-state index in [1.165, 1.54) is 31.6 Å². The molecule has 0 amide bonds. The lowest BCUT2D eigenvalue weighted by Crippen LogP contribution is -2.45. The lowest BCUT2D eigenvalue weighted by molar-refractivity contribution is -0.272. The number of benzene rings is 1. The highest BCUT2D eigenvalue weighted by Gasteiger charge is 2.57. The summed E-state index contributed by atoms with van der Waals surface area (Å²) in [4.78, 5) is 9.52. The summed E-state index contributed by atoms with van der Waals surface area (Å²) in [5, 5.41) is 13.4. The Morgan fingerprint density at radius 2 is 2.00 bits per heavy atom. The molecule has 1 heterocycles.